The monoisotopic (exact) mass is 355 g/mol. The molecule has 0 aliphatic heterocycles. The van der Waals surface area contributed by atoms with Crippen molar-refractivity contribution in [2.24, 2.45) is 0 Å². The lowest BCUT2D eigenvalue weighted by Crippen LogP contribution is -2.02. The Kier molecular flexibility index (Phi) is 5.56. The molecular formula is C14H14NO6PS. The molecule has 0 aliphatic rings. The van der Waals surface area contributed by atoms with E-state index in [9.17, 15) is 19.8 Å². The van der Waals surface area contributed by atoms with Crippen molar-refractivity contribution in [3.8, 4) is 0 Å². The van der Waals surface area contributed by atoms with Crippen LogP contribution in [-0.2, 0) is 10.3 Å². The standard InChI is InChI=1S/C14H14NO6PS/c16-14(22(19,20)21)12-8-11(15(17)18)6-7-13(12)23-9-10-4-2-1-3-5-10/h1-8,14,16H,9H2,(H2,19,20,21). The van der Waals surface area contributed by atoms with Crippen LogP contribution in [0.1, 0.15) is 17.0 Å². The lowest BCUT2D eigenvalue weighted by Gasteiger charge is -2.16. The maximum absolute atomic E-state index is 11.3. The van der Waals surface area contributed by atoms with E-state index >= 15 is 0 Å². The van der Waals surface area contributed by atoms with Crippen molar-refractivity contribution in [3.05, 3.63) is 69.8 Å². The molecule has 0 bridgehead atoms. The molecule has 0 saturated carbocycles. The Bertz CT molecular complexity index is 748. The molecule has 0 radical (unpaired) electrons. The maximum atomic E-state index is 11.3. The molecule has 0 aliphatic carbocycles. The van der Waals surface area contributed by atoms with Crippen molar-refractivity contribution < 1.29 is 24.4 Å². The van der Waals surface area contributed by atoms with Crippen molar-refractivity contribution in [2.45, 2.75) is 16.5 Å². The zero-order chi connectivity index (χ0) is 17.0. The number of non-ortho nitro benzene ring substituents is 1. The van der Waals surface area contributed by atoms with E-state index in [4.69, 9.17) is 9.79 Å². The van der Waals surface area contributed by atoms with Crippen molar-refractivity contribution in [2.75, 3.05) is 0 Å². The normalized spacial score (nSPS) is 12.8. The number of nitro benzene ring substituents is 1. The minimum Gasteiger partial charge on any atom is -0.376 e. The van der Waals surface area contributed by atoms with E-state index in [0.29, 0.717) is 10.6 Å². The van der Waals surface area contributed by atoms with E-state index in [1.54, 1.807) is 0 Å². The fourth-order valence-corrected chi connectivity index (χ4v) is 3.58. The summed E-state index contributed by atoms with van der Waals surface area (Å²) in [6.07, 6.45) is 0. The highest BCUT2D eigenvalue weighted by Gasteiger charge is 2.31. The van der Waals surface area contributed by atoms with E-state index in [1.165, 1.54) is 23.9 Å². The van der Waals surface area contributed by atoms with Gasteiger partial charge in [0.25, 0.3) is 5.69 Å². The lowest BCUT2D eigenvalue weighted by atomic mass is 10.2. The molecule has 0 saturated heterocycles. The third-order valence-corrected chi connectivity index (χ3v) is 5.11. The molecule has 0 spiro atoms. The molecule has 122 valence electrons. The predicted molar refractivity (Wildman–Crippen MR) is 86.1 cm³/mol. The van der Waals surface area contributed by atoms with Gasteiger partial charge in [-0.25, -0.2) is 0 Å². The van der Waals surface area contributed by atoms with Crippen LogP contribution in [0.3, 0.4) is 0 Å². The number of benzene rings is 2. The SMILES string of the molecule is O=[N+]([O-])c1ccc(SCc2ccccc2)c(C(O)P(=O)(O)O)c1. The third-order valence-electron chi connectivity index (χ3n) is 3.04. The molecule has 0 amide bonds. The van der Waals surface area contributed by atoms with Crippen LogP contribution < -0.4 is 0 Å². The van der Waals surface area contributed by atoms with Gasteiger partial charge >= 0.3 is 7.60 Å². The topological polar surface area (TPSA) is 121 Å². The van der Waals surface area contributed by atoms with Gasteiger partial charge in [-0.1, -0.05) is 30.3 Å². The van der Waals surface area contributed by atoms with Gasteiger partial charge in [0.2, 0.25) is 0 Å². The van der Waals surface area contributed by atoms with Crippen LogP contribution >= 0.6 is 19.4 Å². The summed E-state index contributed by atoms with van der Waals surface area (Å²) >= 11 is 1.24. The summed E-state index contributed by atoms with van der Waals surface area (Å²) in [5, 5.41) is 20.7. The van der Waals surface area contributed by atoms with E-state index in [-0.39, 0.29) is 11.3 Å². The number of rotatable bonds is 6. The molecule has 23 heavy (non-hydrogen) atoms. The molecule has 2 rings (SSSR count). The fraction of sp³-hybridized carbons (Fsp3) is 0.143. The van der Waals surface area contributed by atoms with Gasteiger partial charge < -0.3 is 14.9 Å². The van der Waals surface area contributed by atoms with E-state index in [0.717, 1.165) is 11.6 Å². The van der Waals surface area contributed by atoms with Gasteiger partial charge in [-0.15, -0.1) is 11.8 Å². The summed E-state index contributed by atoms with van der Waals surface area (Å²) in [7, 11) is -4.83. The smallest absolute Gasteiger partial charge is 0.358 e. The number of hydrogen-bond donors (Lipinski definition) is 3. The third kappa shape index (κ3) is 4.63. The van der Waals surface area contributed by atoms with Crippen molar-refractivity contribution in [3.63, 3.8) is 0 Å². The van der Waals surface area contributed by atoms with E-state index in [1.807, 2.05) is 30.3 Å². The van der Waals surface area contributed by atoms with Crippen LogP contribution in [-0.4, -0.2) is 19.8 Å². The molecule has 1 unspecified atom stereocenters. The highest BCUT2D eigenvalue weighted by atomic mass is 32.2. The number of hydrogen-bond acceptors (Lipinski definition) is 5. The summed E-state index contributed by atoms with van der Waals surface area (Å²) in [4.78, 5) is 28.9. The van der Waals surface area contributed by atoms with E-state index in [2.05, 4.69) is 0 Å². The molecular weight excluding hydrogens is 341 g/mol. The first-order chi connectivity index (χ1) is 10.8. The summed E-state index contributed by atoms with van der Waals surface area (Å²) < 4.78 is 11.3. The van der Waals surface area contributed by atoms with Gasteiger partial charge in [0.1, 0.15) is 0 Å². The predicted octanol–water partition coefficient (Wildman–Crippen LogP) is 3.06. The Labute approximate surface area is 136 Å². The van der Waals surface area contributed by atoms with Gasteiger partial charge in [-0.3, -0.25) is 14.7 Å². The van der Waals surface area contributed by atoms with Crippen LogP contribution in [0.2, 0.25) is 0 Å². The van der Waals surface area contributed by atoms with Crippen molar-refractivity contribution >= 4 is 25.0 Å². The van der Waals surface area contributed by atoms with E-state index < -0.39 is 18.4 Å². The Morgan fingerprint density at radius 3 is 2.39 bits per heavy atom. The largest absolute Gasteiger partial charge is 0.376 e. The molecule has 0 fully saturated rings. The van der Waals surface area contributed by atoms with Crippen molar-refractivity contribution in [1.82, 2.24) is 0 Å². The first-order valence-corrected chi connectivity index (χ1v) is 9.14. The summed E-state index contributed by atoms with van der Waals surface area (Å²) in [5.74, 6) is -1.60. The molecule has 1 atom stereocenters. The Balaban J connectivity index is 2.34. The minimum absolute atomic E-state index is 0.145. The Hall–Kier alpha value is -1.70. The highest BCUT2D eigenvalue weighted by Crippen LogP contribution is 2.52. The number of nitrogens with zero attached hydrogens (tertiary/aromatic N) is 1. The fourth-order valence-electron chi connectivity index (χ4n) is 1.90. The summed E-state index contributed by atoms with van der Waals surface area (Å²) in [5.41, 5.74) is 0.498. The Morgan fingerprint density at radius 1 is 1.17 bits per heavy atom. The molecule has 9 heteroatoms. The number of aliphatic hydroxyl groups is 1. The van der Waals surface area contributed by atoms with Gasteiger partial charge in [0, 0.05) is 28.3 Å². The number of aliphatic hydroxyl groups excluding tert-OH is 1. The second-order valence-electron chi connectivity index (χ2n) is 4.72. The first kappa shape index (κ1) is 17.7. The molecule has 2 aromatic rings. The average Bonchev–Trinajstić information content (AvgIpc) is 2.52. The van der Waals surface area contributed by atoms with Gasteiger partial charge in [-0.2, -0.15) is 0 Å². The van der Waals surface area contributed by atoms with Gasteiger partial charge in [0.05, 0.1) is 4.92 Å². The zero-order valence-electron chi connectivity index (χ0n) is 11.8. The average molecular weight is 355 g/mol. The second kappa shape index (κ2) is 7.25. The molecule has 2 aromatic carbocycles. The van der Waals surface area contributed by atoms with Crippen molar-refractivity contribution in [1.29, 1.82) is 0 Å². The second-order valence-corrected chi connectivity index (χ2v) is 7.40. The summed E-state index contributed by atoms with van der Waals surface area (Å²) in [6, 6.07) is 13.0. The van der Waals surface area contributed by atoms with Gasteiger partial charge in [0.15, 0.2) is 5.85 Å². The Morgan fingerprint density at radius 2 is 1.83 bits per heavy atom. The summed E-state index contributed by atoms with van der Waals surface area (Å²) in [6.45, 7) is 0. The molecule has 3 N–H and O–H groups in total. The quantitative estimate of drug-likeness (QED) is 0.315. The van der Waals surface area contributed by atoms with Gasteiger partial charge in [-0.05, 0) is 11.6 Å². The molecule has 0 heterocycles. The highest BCUT2D eigenvalue weighted by molar-refractivity contribution is 7.98. The number of nitro groups is 1. The molecule has 7 nitrogen and oxygen atoms in total. The van der Waals surface area contributed by atoms with Crippen LogP contribution in [0.15, 0.2) is 53.4 Å². The number of thioether (sulfide) groups is 1. The van der Waals surface area contributed by atoms with Crippen LogP contribution in [0.4, 0.5) is 5.69 Å². The minimum atomic E-state index is -4.83. The maximum Gasteiger partial charge on any atom is 0.358 e. The first-order valence-electron chi connectivity index (χ1n) is 6.47. The zero-order valence-corrected chi connectivity index (χ0v) is 13.5. The molecule has 0 aromatic heterocycles. The van der Waals surface area contributed by atoms with Crippen LogP contribution in [0, 0.1) is 10.1 Å². The van der Waals surface area contributed by atoms with Crippen LogP contribution in [0.5, 0.6) is 0 Å². The van der Waals surface area contributed by atoms with Crippen LogP contribution in [0.25, 0.3) is 0 Å². The lowest BCUT2D eigenvalue weighted by molar-refractivity contribution is -0.385.